The summed E-state index contributed by atoms with van der Waals surface area (Å²) < 4.78 is 10.8. The van der Waals surface area contributed by atoms with Gasteiger partial charge in [0.05, 0.1) is 22.2 Å². The standard InChI is InChI=1S/C26H34Cl2N2O4S/c1-3-4-5-8-14-34-23-19(27)15-17(16-20(23)28)24(31)30-26-22(25(32)29-12-9-13-33-2)18-10-6-7-11-21(18)35-26/h15-16H,3-14H2,1-2H3,(H,29,32)(H,30,31). The van der Waals surface area contributed by atoms with Crippen molar-refractivity contribution in [1.29, 1.82) is 0 Å². The molecule has 0 atom stereocenters. The van der Waals surface area contributed by atoms with Gasteiger partial charge in [-0.2, -0.15) is 0 Å². The van der Waals surface area contributed by atoms with Crippen LogP contribution in [0.1, 0.15) is 83.0 Å². The lowest BCUT2D eigenvalue weighted by atomic mass is 9.95. The predicted octanol–water partition coefficient (Wildman–Crippen LogP) is 6.91. The zero-order valence-corrected chi connectivity index (χ0v) is 22.8. The highest BCUT2D eigenvalue weighted by Crippen LogP contribution is 2.39. The molecule has 0 aliphatic heterocycles. The maximum Gasteiger partial charge on any atom is 0.256 e. The quantitative estimate of drug-likeness (QED) is 0.270. The van der Waals surface area contributed by atoms with E-state index in [2.05, 4.69) is 17.6 Å². The van der Waals surface area contributed by atoms with Crippen molar-refractivity contribution in [3.05, 3.63) is 43.7 Å². The molecule has 9 heteroatoms. The first-order chi connectivity index (χ1) is 17.0. The molecular weight excluding hydrogens is 507 g/mol. The number of methoxy groups -OCH3 is 1. The molecule has 1 aromatic carbocycles. The molecule has 0 saturated heterocycles. The lowest BCUT2D eigenvalue weighted by molar-refractivity contribution is 0.0948. The van der Waals surface area contributed by atoms with E-state index in [1.807, 2.05) is 0 Å². The maximum absolute atomic E-state index is 13.1. The predicted molar refractivity (Wildman–Crippen MR) is 144 cm³/mol. The second-order valence-corrected chi connectivity index (χ2v) is 10.6. The zero-order valence-electron chi connectivity index (χ0n) is 20.4. The van der Waals surface area contributed by atoms with Gasteiger partial charge in [-0.05, 0) is 56.2 Å². The number of halogens is 2. The van der Waals surface area contributed by atoms with Crippen LogP contribution in [0.2, 0.25) is 10.0 Å². The highest BCUT2D eigenvalue weighted by Gasteiger charge is 2.27. The van der Waals surface area contributed by atoms with Crippen LogP contribution in [0.25, 0.3) is 0 Å². The number of carbonyl (C=O) groups is 2. The third-order valence-corrected chi connectivity index (χ3v) is 7.71. The molecule has 1 aliphatic rings. The summed E-state index contributed by atoms with van der Waals surface area (Å²) in [5.41, 5.74) is 1.93. The largest absolute Gasteiger partial charge is 0.490 e. The fourth-order valence-electron chi connectivity index (χ4n) is 4.11. The summed E-state index contributed by atoms with van der Waals surface area (Å²) in [4.78, 5) is 27.3. The average molecular weight is 542 g/mol. The van der Waals surface area contributed by atoms with E-state index in [0.29, 0.717) is 51.7 Å². The van der Waals surface area contributed by atoms with Crippen molar-refractivity contribution in [2.45, 2.75) is 64.7 Å². The smallest absolute Gasteiger partial charge is 0.256 e. The van der Waals surface area contributed by atoms with Crippen molar-refractivity contribution < 1.29 is 19.1 Å². The van der Waals surface area contributed by atoms with E-state index >= 15 is 0 Å². The molecule has 1 heterocycles. The Balaban J connectivity index is 1.74. The first kappa shape index (κ1) is 27.8. The van der Waals surface area contributed by atoms with Crippen LogP contribution in [0, 0.1) is 0 Å². The van der Waals surface area contributed by atoms with Crippen molar-refractivity contribution in [2.24, 2.45) is 0 Å². The first-order valence-electron chi connectivity index (χ1n) is 12.3. The summed E-state index contributed by atoms with van der Waals surface area (Å²) >= 11 is 14.3. The number of carbonyl (C=O) groups excluding carboxylic acids is 2. The summed E-state index contributed by atoms with van der Waals surface area (Å²) in [7, 11) is 1.63. The lowest BCUT2D eigenvalue weighted by Crippen LogP contribution is -2.27. The molecule has 3 rings (SSSR count). The number of hydrogen-bond acceptors (Lipinski definition) is 5. The molecule has 1 aromatic heterocycles. The Labute approximate surface area is 221 Å². The Morgan fingerprint density at radius 3 is 2.46 bits per heavy atom. The average Bonchev–Trinajstić information content (AvgIpc) is 3.20. The van der Waals surface area contributed by atoms with Crippen LogP contribution < -0.4 is 15.4 Å². The number of ether oxygens (including phenoxy) is 2. The van der Waals surface area contributed by atoms with Crippen molar-refractivity contribution in [2.75, 3.05) is 32.2 Å². The molecule has 192 valence electrons. The van der Waals surface area contributed by atoms with E-state index in [9.17, 15) is 9.59 Å². The van der Waals surface area contributed by atoms with Crippen molar-refractivity contribution in [3.63, 3.8) is 0 Å². The SMILES string of the molecule is CCCCCCOc1c(Cl)cc(C(=O)Nc2sc3c(c2C(=O)NCCCOC)CCCC3)cc1Cl. The van der Waals surface area contributed by atoms with E-state index in [4.69, 9.17) is 32.7 Å². The van der Waals surface area contributed by atoms with E-state index in [0.717, 1.165) is 68.2 Å². The second-order valence-electron chi connectivity index (χ2n) is 8.65. The third-order valence-electron chi connectivity index (χ3n) is 5.94. The van der Waals surface area contributed by atoms with Crippen LogP contribution >= 0.6 is 34.5 Å². The number of nitrogens with one attached hydrogen (secondary N) is 2. The summed E-state index contributed by atoms with van der Waals surface area (Å²) in [6, 6.07) is 3.12. The number of benzene rings is 1. The number of thiophene rings is 1. The van der Waals surface area contributed by atoms with Gasteiger partial charge in [0, 0.05) is 30.7 Å². The number of anilines is 1. The molecule has 35 heavy (non-hydrogen) atoms. The number of amides is 2. The third kappa shape index (κ3) is 7.59. The number of fused-ring (bicyclic) bond motifs is 1. The van der Waals surface area contributed by atoms with Gasteiger partial charge >= 0.3 is 0 Å². The summed E-state index contributed by atoms with van der Waals surface area (Å²) in [5, 5.41) is 7.05. The number of rotatable bonds is 13. The zero-order chi connectivity index (χ0) is 25.2. The van der Waals surface area contributed by atoms with E-state index < -0.39 is 0 Å². The van der Waals surface area contributed by atoms with Crippen LogP contribution in [0.5, 0.6) is 5.75 Å². The van der Waals surface area contributed by atoms with Crippen LogP contribution in [0.4, 0.5) is 5.00 Å². The minimum atomic E-state index is -0.365. The van der Waals surface area contributed by atoms with Crippen molar-refractivity contribution in [3.8, 4) is 5.75 Å². The number of unbranched alkanes of at least 4 members (excludes halogenated alkanes) is 3. The molecule has 0 unspecified atom stereocenters. The Bertz CT molecular complexity index is 1000. The first-order valence-corrected chi connectivity index (χ1v) is 13.9. The normalized spacial score (nSPS) is 12.8. The van der Waals surface area contributed by atoms with Gasteiger partial charge in [0.15, 0.2) is 5.75 Å². The Morgan fingerprint density at radius 2 is 1.74 bits per heavy atom. The Morgan fingerprint density at radius 1 is 1.00 bits per heavy atom. The van der Waals surface area contributed by atoms with Gasteiger partial charge in [-0.25, -0.2) is 0 Å². The monoisotopic (exact) mass is 540 g/mol. The molecule has 1 aliphatic carbocycles. The number of aryl methyl sites for hydroxylation is 1. The molecule has 2 N–H and O–H groups in total. The molecule has 0 fully saturated rings. The molecule has 2 amide bonds. The van der Waals surface area contributed by atoms with Gasteiger partial charge in [0.2, 0.25) is 0 Å². The van der Waals surface area contributed by atoms with Gasteiger partial charge in [-0.3, -0.25) is 9.59 Å². The number of hydrogen-bond donors (Lipinski definition) is 2. The Hall–Kier alpha value is -1.80. The van der Waals surface area contributed by atoms with Crippen LogP contribution in [0.15, 0.2) is 12.1 Å². The van der Waals surface area contributed by atoms with Gasteiger partial charge in [0.1, 0.15) is 5.00 Å². The maximum atomic E-state index is 13.1. The van der Waals surface area contributed by atoms with Gasteiger partial charge in [-0.1, -0.05) is 49.4 Å². The summed E-state index contributed by atoms with van der Waals surface area (Å²) in [6.07, 6.45) is 8.90. The van der Waals surface area contributed by atoms with Gasteiger partial charge < -0.3 is 20.1 Å². The lowest BCUT2D eigenvalue weighted by Gasteiger charge is -2.14. The minimum absolute atomic E-state index is 0.168. The molecule has 6 nitrogen and oxygen atoms in total. The second kappa shape index (κ2) is 14.1. The minimum Gasteiger partial charge on any atom is -0.490 e. The molecule has 0 radical (unpaired) electrons. The topological polar surface area (TPSA) is 76.7 Å². The van der Waals surface area contributed by atoms with Gasteiger partial charge in [0.25, 0.3) is 11.8 Å². The van der Waals surface area contributed by atoms with E-state index in [1.165, 1.54) is 11.3 Å². The molecule has 2 aromatic rings. The highest BCUT2D eigenvalue weighted by molar-refractivity contribution is 7.17. The van der Waals surface area contributed by atoms with E-state index in [1.54, 1.807) is 19.2 Å². The van der Waals surface area contributed by atoms with Gasteiger partial charge in [-0.15, -0.1) is 11.3 Å². The molecule has 0 bridgehead atoms. The molecule has 0 spiro atoms. The Kier molecular flexibility index (Phi) is 11.2. The molecule has 0 saturated carbocycles. The fourth-order valence-corrected chi connectivity index (χ4v) is 5.99. The van der Waals surface area contributed by atoms with Crippen LogP contribution in [-0.2, 0) is 17.6 Å². The fraction of sp³-hybridized carbons (Fsp3) is 0.538. The molecular formula is C26H34Cl2N2O4S. The summed E-state index contributed by atoms with van der Waals surface area (Å²) in [5.74, 6) is -0.141. The van der Waals surface area contributed by atoms with Crippen molar-refractivity contribution in [1.82, 2.24) is 5.32 Å². The van der Waals surface area contributed by atoms with E-state index in [-0.39, 0.29) is 11.8 Å². The van der Waals surface area contributed by atoms with Crippen LogP contribution in [0.3, 0.4) is 0 Å². The summed E-state index contributed by atoms with van der Waals surface area (Å²) in [6.45, 7) is 3.76. The van der Waals surface area contributed by atoms with Crippen LogP contribution in [-0.4, -0.2) is 38.7 Å². The van der Waals surface area contributed by atoms with Crippen molar-refractivity contribution >= 4 is 51.4 Å². The highest BCUT2D eigenvalue weighted by atomic mass is 35.5.